The van der Waals surface area contributed by atoms with Crippen molar-refractivity contribution in [3.8, 4) is 0 Å². The summed E-state index contributed by atoms with van der Waals surface area (Å²) in [7, 11) is 0. The van der Waals surface area contributed by atoms with Gasteiger partial charge >= 0.3 is 0 Å². The van der Waals surface area contributed by atoms with Gasteiger partial charge in [0.25, 0.3) is 5.91 Å². The smallest absolute Gasteiger partial charge is 0.252 e. The van der Waals surface area contributed by atoms with E-state index >= 15 is 0 Å². The number of nitrogens with one attached hydrogen (secondary N) is 1. The number of hydrogen-bond donors (Lipinski definition) is 1. The summed E-state index contributed by atoms with van der Waals surface area (Å²) >= 11 is 3.36. The number of benzene rings is 1. The van der Waals surface area contributed by atoms with Crippen molar-refractivity contribution in [3.05, 3.63) is 46.0 Å². The van der Waals surface area contributed by atoms with Crippen molar-refractivity contribution in [1.29, 1.82) is 0 Å². The quantitative estimate of drug-likeness (QED) is 0.810. The van der Waals surface area contributed by atoms with Crippen LogP contribution in [0.1, 0.15) is 48.3 Å². The van der Waals surface area contributed by atoms with E-state index in [2.05, 4.69) is 31.4 Å². The zero-order chi connectivity index (χ0) is 15.2. The molecule has 1 amide bonds. The molecule has 0 radical (unpaired) electrons. The Labute approximate surface area is 132 Å². The van der Waals surface area contributed by atoms with Gasteiger partial charge < -0.3 is 9.84 Å². The van der Waals surface area contributed by atoms with Gasteiger partial charge in [-0.25, -0.2) is 0 Å². The molecule has 1 aromatic heterocycles. The Kier molecular flexibility index (Phi) is 5.50. The molecule has 1 N–H and O–H groups in total. The molecule has 2 rings (SSSR count). The zero-order valence-corrected chi connectivity index (χ0v) is 13.7. The lowest BCUT2D eigenvalue weighted by atomic mass is 10.2. The van der Waals surface area contributed by atoms with Crippen molar-refractivity contribution >= 4 is 21.8 Å². The number of nitrogens with zero attached hydrogens (tertiary/aromatic N) is 2. The van der Waals surface area contributed by atoms with E-state index < -0.39 is 0 Å². The van der Waals surface area contributed by atoms with Crippen LogP contribution in [0, 0.1) is 0 Å². The van der Waals surface area contributed by atoms with Gasteiger partial charge in [0.2, 0.25) is 5.89 Å². The van der Waals surface area contributed by atoms with E-state index in [1.165, 1.54) is 0 Å². The van der Waals surface area contributed by atoms with E-state index in [9.17, 15) is 4.79 Å². The minimum Gasteiger partial charge on any atom is -0.352 e. The Morgan fingerprint density at radius 1 is 1.38 bits per heavy atom. The Morgan fingerprint density at radius 2 is 2.14 bits per heavy atom. The van der Waals surface area contributed by atoms with Crippen LogP contribution in [0.2, 0.25) is 0 Å². The maximum absolute atomic E-state index is 12.0. The second kappa shape index (κ2) is 7.36. The molecular formula is C15H18BrN3O2. The van der Waals surface area contributed by atoms with Crippen molar-refractivity contribution in [2.24, 2.45) is 0 Å². The van der Waals surface area contributed by atoms with Gasteiger partial charge in [-0.15, -0.1) is 0 Å². The minimum atomic E-state index is -0.0872. The van der Waals surface area contributed by atoms with Gasteiger partial charge in [-0.1, -0.05) is 31.1 Å². The SMILES string of the molecule is CC(C)c1noc(CCCNC(=O)c2ccccc2Br)n1. The molecule has 0 saturated heterocycles. The first kappa shape index (κ1) is 15.7. The molecule has 0 aliphatic rings. The fourth-order valence-electron chi connectivity index (χ4n) is 1.79. The highest BCUT2D eigenvalue weighted by molar-refractivity contribution is 9.10. The average Bonchev–Trinajstić information content (AvgIpc) is 2.93. The molecule has 0 aliphatic heterocycles. The molecule has 0 atom stereocenters. The first-order chi connectivity index (χ1) is 10.1. The Bertz CT molecular complexity index is 610. The molecule has 6 heteroatoms. The Balaban J connectivity index is 1.77. The van der Waals surface area contributed by atoms with Crippen LogP contribution in [0.3, 0.4) is 0 Å². The van der Waals surface area contributed by atoms with Gasteiger partial charge in [-0.2, -0.15) is 4.98 Å². The number of amides is 1. The number of halogens is 1. The summed E-state index contributed by atoms with van der Waals surface area (Å²) in [5, 5.41) is 6.79. The lowest BCUT2D eigenvalue weighted by Crippen LogP contribution is -2.25. The molecule has 1 heterocycles. The van der Waals surface area contributed by atoms with E-state index in [0.717, 1.165) is 16.7 Å². The minimum absolute atomic E-state index is 0.0872. The van der Waals surface area contributed by atoms with Crippen LogP contribution >= 0.6 is 15.9 Å². The van der Waals surface area contributed by atoms with Crippen molar-refractivity contribution in [3.63, 3.8) is 0 Å². The monoisotopic (exact) mass is 351 g/mol. The van der Waals surface area contributed by atoms with Crippen molar-refractivity contribution in [2.45, 2.75) is 32.6 Å². The summed E-state index contributed by atoms with van der Waals surface area (Å²) in [5.74, 6) is 1.52. The third kappa shape index (κ3) is 4.39. The van der Waals surface area contributed by atoms with Gasteiger partial charge in [-0.05, 0) is 34.5 Å². The van der Waals surface area contributed by atoms with Crippen molar-refractivity contribution in [2.75, 3.05) is 6.54 Å². The van der Waals surface area contributed by atoms with E-state index in [4.69, 9.17) is 4.52 Å². The summed E-state index contributed by atoms with van der Waals surface area (Å²) < 4.78 is 5.95. The molecule has 2 aromatic rings. The van der Waals surface area contributed by atoms with Crippen LogP contribution in [-0.2, 0) is 6.42 Å². The van der Waals surface area contributed by atoms with Crippen LogP contribution in [0.15, 0.2) is 33.3 Å². The van der Waals surface area contributed by atoms with Gasteiger partial charge in [0.05, 0.1) is 5.56 Å². The molecular weight excluding hydrogens is 334 g/mol. The molecule has 1 aromatic carbocycles. The summed E-state index contributed by atoms with van der Waals surface area (Å²) in [5.41, 5.74) is 0.636. The topological polar surface area (TPSA) is 68.0 Å². The fourth-order valence-corrected chi connectivity index (χ4v) is 2.25. The largest absolute Gasteiger partial charge is 0.352 e. The number of carbonyl (C=O) groups is 1. The summed E-state index contributed by atoms with van der Waals surface area (Å²) in [4.78, 5) is 16.3. The lowest BCUT2D eigenvalue weighted by molar-refractivity contribution is 0.0952. The third-order valence-electron chi connectivity index (χ3n) is 2.97. The van der Waals surface area contributed by atoms with Crippen LogP contribution < -0.4 is 5.32 Å². The molecule has 0 saturated carbocycles. The van der Waals surface area contributed by atoms with Crippen LogP contribution in [-0.4, -0.2) is 22.6 Å². The second-order valence-electron chi connectivity index (χ2n) is 5.04. The summed E-state index contributed by atoms with van der Waals surface area (Å²) in [6.07, 6.45) is 1.42. The van der Waals surface area contributed by atoms with Gasteiger partial charge in [0.1, 0.15) is 0 Å². The first-order valence-electron chi connectivity index (χ1n) is 6.93. The zero-order valence-electron chi connectivity index (χ0n) is 12.1. The maximum Gasteiger partial charge on any atom is 0.252 e. The number of rotatable bonds is 6. The molecule has 0 bridgehead atoms. The average molecular weight is 352 g/mol. The van der Waals surface area contributed by atoms with E-state index in [-0.39, 0.29) is 11.8 Å². The number of hydrogen-bond acceptors (Lipinski definition) is 4. The molecule has 0 fully saturated rings. The summed E-state index contributed by atoms with van der Waals surface area (Å²) in [6.45, 7) is 4.61. The molecule has 112 valence electrons. The number of aryl methyl sites for hydroxylation is 1. The first-order valence-corrected chi connectivity index (χ1v) is 7.72. The highest BCUT2D eigenvalue weighted by Gasteiger charge is 2.10. The number of aromatic nitrogens is 2. The van der Waals surface area contributed by atoms with Gasteiger partial charge in [0.15, 0.2) is 5.82 Å². The van der Waals surface area contributed by atoms with Gasteiger partial charge in [-0.3, -0.25) is 4.79 Å². The van der Waals surface area contributed by atoms with Crippen molar-refractivity contribution in [1.82, 2.24) is 15.5 Å². The Hall–Kier alpha value is -1.69. The molecule has 21 heavy (non-hydrogen) atoms. The predicted octanol–water partition coefficient (Wildman–Crippen LogP) is 3.32. The van der Waals surface area contributed by atoms with Crippen LogP contribution in [0.4, 0.5) is 0 Å². The molecule has 0 spiro atoms. The Morgan fingerprint density at radius 3 is 2.81 bits per heavy atom. The van der Waals surface area contributed by atoms with E-state index in [0.29, 0.717) is 24.4 Å². The second-order valence-corrected chi connectivity index (χ2v) is 5.89. The molecule has 5 nitrogen and oxygen atoms in total. The molecule has 0 unspecified atom stereocenters. The van der Waals surface area contributed by atoms with E-state index in [1.54, 1.807) is 6.07 Å². The highest BCUT2D eigenvalue weighted by Crippen LogP contribution is 2.15. The van der Waals surface area contributed by atoms with E-state index in [1.807, 2.05) is 32.0 Å². The standard InChI is InChI=1S/C15H18BrN3O2/c1-10(2)14-18-13(21-19-14)8-5-9-17-15(20)11-6-3-4-7-12(11)16/h3-4,6-7,10H,5,8-9H2,1-2H3,(H,17,20). The highest BCUT2D eigenvalue weighted by atomic mass is 79.9. The van der Waals surface area contributed by atoms with Crippen LogP contribution in [0.25, 0.3) is 0 Å². The van der Waals surface area contributed by atoms with Crippen LogP contribution in [0.5, 0.6) is 0 Å². The molecule has 0 aliphatic carbocycles. The fraction of sp³-hybridized carbons (Fsp3) is 0.400. The van der Waals surface area contributed by atoms with Gasteiger partial charge in [0, 0.05) is 23.4 Å². The number of carbonyl (C=O) groups excluding carboxylic acids is 1. The third-order valence-corrected chi connectivity index (χ3v) is 3.66. The normalized spacial score (nSPS) is 10.9. The predicted molar refractivity (Wildman–Crippen MR) is 83.2 cm³/mol. The maximum atomic E-state index is 12.0. The lowest BCUT2D eigenvalue weighted by Gasteiger charge is -2.05. The van der Waals surface area contributed by atoms with Crippen molar-refractivity contribution < 1.29 is 9.32 Å². The summed E-state index contributed by atoms with van der Waals surface area (Å²) in [6, 6.07) is 7.35.